The van der Waals surface area contributed by atoms with Gasteiger partial charge in [0.1, 0.15) is 50.1 Å². The number of aliphatic hydroxyl groups is 1. The number of aromatic nitrogens is 5. The number of aliphatic hydroxyl groups excluding tert-OH is 1. The summed E-state index contributed by atoms with van der Waals surface area (Å²) in [6.07, 6.45) is 0. The van der Waals surface area contributed by atoms with E-state index < -0.39 is 5.91 Å². The molecule has 21 nitrogen and oxygen atoms in total. The van der Waals surface area contributed by atoms with Gasteiger partial charge in [-0.15, -0.1) is 12.4 Å². The molecular weight excluding hydrogens is 1040 g/mol. The highest BCUT2D eigenvalue weighted by molar-refractivity contribution is 9.10. The number of amides is 1. The van der Waals surface area contributed by atoms with Gasteiger partial charge in [-0.2, -0.15) is 4.98 Å². The topological polar surface area (TPSA) is 248 Å². The van der Waals surface area contributed by atoms with Gasteiger partial charge in [0.2, 0.25) is 11.8 Å². The van der Waals surface area contributed by atoms with Gasteiger partial charge in [0.05, 0.1) is 53.4 Å². The molecule has 0 saturated carbocycles. The van der Waals surface area contributed by atoms with E-state index in [2.05, 4.69) is 86.8 Å². The third kappa shape index (κ3) is 17.8. The molecule has 1 amide bonds. The fourth-order valence-electron chi connectivity index (χ4n) is 7.59. The number of carbonyl (C=O) groups excluding carboxylic acids is 1. The van der Waals surface area contributed by atoms with Crippen LogP contribution in [0.5, 0.6) is 29.0 Å². The minimum Gasteiger partial charge on any atom is -0.497 e. The van der Waals surface area contributed by atoms with Crippen LogP contribution in [0.2, 0.25) is 0 Å². The molecule has 23 heteroatoms. The molecular formula is C51H71BrClN13O8. The summed E-state index contributed by atoms with van der Waals surface area (Å²) in [7, 11) is 14.1. The Kier molecular flexibility index (Phi) is 24.8. The molecule has 3 saturated heterocycles. The number of nitrogens with one attached hydrogen (secondary N) is 2. The number of hydrogen-bond acceptors (Lipinski definition) is 19. The molecule has 3 aliphatic heterocycles. The summed E-state index contributed by atoms with van der Waals surface area (Å²) in [5.41, 5.74) is 12.6. The van der Waals surface area contributed by atoms with Crippen molar-refractivity contribution >= 4 is 62.5 Å². The zero-order valence-corrected chi connectivity index (χ0v) is 45.9. The summed E-state index contributed by atoms with van der Waals surface area (Å²) in [5.74, 6) is 4.20. The van der Waals surface area contributed by atoms with Crippen molar-refractivity contribution in [3.8, 4) is 40.5 Å². The Bertz CT molecular complexity index is 2740. The number of benzene rings is 2. The number of halogens is 2. The van der Waals surface area contributed by atoms with Crippen LogP contribution < -0.4 is 55.8 Å². The van der Waals surface area contributed by atoms with E-state index in [0.29, 0.717) is 57.0 Å². The Balaban J connectivity index is 0.000000219. The average molecular weight is 1110 g/mol. The number of nitrogen functional groups attached to an aromatic ring is 1. The minimum atomic E-state index is -0.623. The number of nitrogens with zero attached hydrogens (tertiary/aromatic N) is 9. The van der Waals surface area contributed by atoms with Crippen molar-refractivity contribution in [2.75, 3.05) is 151 Å². The zero-order valence-electron chi connectivity index (χ0n) is 43.5. The van der Waals surface area contributed by atoms with Gasteiger partial charge in [0.25, 0.3) is 11.5 Å². The lowest BCUT2D eigenvalue weighted by Gasteiger charge is -2.33. The maximum Gasteiger partial charge on any atom is 0.262 e. The first-order valence-corrected chi connectivity index (χ1v) is 24.4. The fourth-order valence-corrected chi connectivity index (χ4v) is 7.92. The third-order valence-electron chi connectivity index (χ3n) is 11.8. The maximum atomic E-state index is 12.7. The van der Waals surface area contributed by atoms with E-state index in [0.717, 1.165) is 81.7 Å². The summed E-state index contributed by atoms with van der Waals surface area (Å²) in [4.78, 5) is 55.7. The molecule has 7 heterocycles. The lowest BCUT2D eigenvalue weighted by atomic mass is 10.1. The van der Waals surface area contributed by atoms with E-state index in [1.807, 2.05) is 48.5 Å². The minimum absolute atomic E-state index is 0. The number of fused-ring (bicyclic) bond motifs is 1. The predicted octanol–water partition coefficient (Wildman–Crippen LogP) is 4.26. The second kappa shape index (κ2) is 30.6. The van der Waals surface area contributed by atoms with Crippen molar-refractivity contribution in [1.29, 1.82) is 0 Å². The number of aromatic amines is 1. The zero-order chi connectivity index (χ0) is 52.9. The van der Waals surface area contributed by atoms with Crippen molar-refractivity contribution in [2.45, 2.75) is 6.61 Å². The van der Waals surface area contributed by atoms with Crippen LogP contribution in [-0.2, 0) is 6.61 Å². The first-order chi connectivity index (χ1) is 35.2. The van der Waals surface area contributed by atoms with Crippen LogP contribution >= 0.6 is 28.3 Å². The number of hydrogen-bond donors (Lipinski definition) is 5. The fraction of sp³-hybridized carbons (Fsp3) is 0.412. The molecule has 9 rings (SSSR count). The van der Waals surface area contributed by atoms with E-state index in [1.54, 1.807) is 38.5 Å². The molecule has 402 valence electrons. The molecule has 74 heavy (non-hydrogen) atoms. The summed E-state index contributed by atoms with van der Waals surface area (Å²) in [6.45, 7) is 12.6. The number of nitrogens with two attached hydrogens (primary N) is 2. The summed E-state index contributed by atoms with van der Waals surface area (Å²) >= 11 is 3.21. The van der Waals surface area contributed by atoms with Crippen molar-refractivity contribution in [3.05, 3.63) is 105 Å². The van der Waals surface area contributed by atoms with Crippen LogP contribution in [0.4, 0.5) is 17.3 Å². The highest BCUT2D eigenvalue weighted by Gasteiger charge is 2.19. The highest BCUT2D eigenvalue weighted by Crippen LogP contribution is 2.30. The monoisotopic (exact) mass is 1110 g/mol. The molecule has 6 aromatic rings. The molecule has 0 unspecified atom stereocenters. The van der Waals surface area contributed by atoms with Gasteiger partial charge in [0.15, 0.2) is 5.82 Å². The van der Waals surface area contributed by atoms with Crippen LogP contribution in [0.25, 0.3) is 22.4 Å². The number of likely N-dealkylation sites (N-methyl/N-ethyl adjacent to an activating group) is 3. The first-order valence-electron chi connectivity index (χ1n) is 23.6. The molecule has 0 atom stereocenters. The van der Waals surface area contributed by atoms with Gasteiger partial charge >= 0.3 is 0 Å². The SMILES string of the molecule is CN1CCNCC1.COc1cc(CO)cc2nc(-c3cccc(N4CCN(C)CC4)n3)[nH]c(=O)c12.COc1cc(N)c(C(N)=O)c(OC)c1.COc1cccc(Br)n1.COc1cccc(N2CCN(C)CC2)n1.Cl. The van der Waals surface area contributed by atoms with Crippen LogP contribution in [0.1, 0.15) is 15.9 Å². The van der Waals surface area contributed by atoms with Crippen molar-refractivity contribution in [2.24, 2.45) is 5.73 Å². The summed E-state index contributed by atoms with van der Waals surface area (Å²) < 4.78 is 26.0. The summed E-state index contributed by atoms with van der Waals surface area (Å²) in [6, 6.07) is 23.5. The van der Waals surface area contributed by atoms with Gasteiger partial charge in [0, 0.05) is 103 Å². The molecule has 3 aliphatic rings. The molecule has 3 fully saturated rings. The molecule has 0 radical (unpaired) electrons. The Morgan fingerprint density at radius 3 is 1.69 bits per heavy atom. The quantitative estimate of drug-likeness (QED) is 0.0950. The number of piperazine rings is 3. The van der Waals surface area contributed by atoms with Crippen LogP contribution in [0.3, 0.4) is 0 Å². The van der Waals surface area contributed by atoms with E-state index in [9.17, 15) is 14.7 Å². The standard InChI is InChI=1S/C20H23N5O3.C11H17N3O.C9H12N2O3.C6H6BrNO.C5H12N2.ClH/c1-24-6-8-25(9-7-24)17-5-3-4-14(21-17)19-22-15-10-13(12-26)11-16(28-2)18(15)20(27)23-19;1-13-6-8-14(9-7-13)10-4-3-5-11(12-10)15-2;1-13-5-3-6(10)8(9(11)12)7(4-5)14-2;1-9-6-4-2-3-5(7)8-6;1-7-4-2-6-3-5-7;/h3-5,10-11,26H,6-9,12H2,1-2H3,(H,22,23,27);3-5H,6-9H2,1-2H3;3-4H,10H2,1-2H3,(H2,11,12);2-4H,1H3;6H,2-5H2,1H3;1H. The lowest BCUT2D eigenvalue weighted by molar-refractivity contribution is 0.0998. The Hall–Kier alpha value is -6.53. The molecule has 7 N–H and O–H groups in total. The molecule has 4 aromatic heterocycles. The summed E-state index contributed by atoms with van der Waals surface area (Å²) in [5, 5.41) is 13.1. The normalized spacial score (nSPS) is 14.7. The number of anilines is 3. The number of ether oxygens (including phenoxy) is 5. The van der Waals surface area contributed by atoms with Gasteiger partial charge < -0.3 is 75.1 Å². The second-order valence-corrected chi connectivity index (χ2v) is 17.8. The number of H-pyrrole nitrogens is 1. The molecule has 0 aliphatic carbocycles. The van der Waals surface area contributed by atoms with E-state index in [1.165, 1.54) is 40.5 Å². The third-order valence-corrected chi connectivity index (χ3v) is 12.3. The second-order valence-electron chi connectivity index (χ2n) is 17.0. The van der Waals surface area contributed by atoms with Gasteiger partial charge in [-0.05, 0) is 79.0 Å². The Morgan fingerprint density at radius 2 is 1.20 bits per heavy atom. The number of pyridine rings is 3. The Labute approximate surface area is 447 Å². The van der Waals surface area contributed by atoms with E-state index >= 15 is 0 Å². The lowest BCUT2D eigenvalue weighted by Crippen LogP contribution is -2.44. The smallest absolute Gasteiger partial charge is 0.262 e. The molecule has 2 aromatic carbocycles. The van der Waals surface area contributed by atoms with Crippen LogP contribution in [0, 0.1) is 0 Å². The number of rotatable bonds is 10. The maximum absolute atomic E-state index is 12.7. The highest BCUT2D eigenvalue weighted by atomic mass is 79.9. The first kappa shape index (κ1) is 60.0. The van der Waals surface area contributed by atoms with Crippen LogP contribution in [-0.4, -0.2) is 186 Å². The van der Waals surface area contributed by atoms with Crippen molar-refractivity contribution in [1.82, 2.24) is 44.9 Å². The van der Waals surface area contributed by atoms with E-state index in [-0.39, 0.29) is 35.8 Å². The number of methoxy groups -OCH3 is 5. The van der Waals surface area contributed by atoms with Crippen molar-refractivity contribution < 1.29 is 33.6 Å². The van der Waals surface area contributed by atoms with Crippen molar-refractivity contribution in [3.63, 3.8) is 0 Å². The molecule has 0 spiro atoms. The van der Waals surface area contributed by atoms with Gasteiger partial charge in [-0.3, -0.25) is 9.59 Å². The number of carbonyl (C=O) groups is 1. The largest absolute Gasteiger partial charge is 0.497 e. The average Bonchev–Trinajstić information content (AvgIpc) is 3.41. The number of primary amides is 1. The Morgan fingerprint density at radius 1 is 0.662 bits per heavy atom. The van der Waals surface area contributed by atoms with Gasteiger partial charge in [-0.25, -0.2) is 15.0 Å². The van der Waals surface area contributed by atoms with Crippen LogP contribution in [0.15, 0.2) is 88.3 Å². The van der Waals surface area contributed by atoms with E-state index in [4.69, 9.17) is 40.1 Å². The molecule has 0 bridgehead atoms. The predicted molar refractivity (Wildman–Crippen MR) is 297 cm³/mol. The van der Waals surface area contributed by atoms with Gasteiger partial charge in [-0.1, -0.05) is 18.2 Å².